The lowest BCUT2D eigenvalue weighted by Gasteiger charge is -2.16. The van der Waals surface area contributed by atoms with Crippen molar-refractivity contribution >= 4 is 28.3 Å². The molecule has 0 aromatic carbocycles. The third-order valence-corrected chi connectivity index (χ3v) is 5.76. The summed E-state index contributed by atoms with van der Waals surface area (Å²) in [6.45, 7) is 3.02. The van der Waals surface area contributed by atoms with Gasteiger partial charge in [0.05, 0.1) is 19.4 Å². The van der Waals surface area contributed by atoms with E-state index in [2.05, 4.69) is 35.7 Å². The van der Waals surface area contributed by atoms with Crippen molar-refractivity contribution in [2.75, 3.05) is 5.32 Å². The second-order valence-electron chi connectivity index (χ2n) is 6.74. The number of nitrogens with zero attached hydrogens (tertiary/aromatic N) is 8. The molecule has 4 aromatic rings. The maximum atomic E-state index is 10.6. The molecule has 1 fully saturated rings. The van der Waals surface area contributed by atoms with Crippen LogP contribution in [0.15, 0.2) is 30.2 Å². The Balaban J connectivity index is 1.42. The first-order chi connectivity index (χ1) is 14.7. The molecule has 1 aliphatic heterocycles. The number of aromatic nitrogens is 8. The van der Waals surface area contributed by atoms with Crippen LogP contribution in [0.4, 0.5) is 5.82 Å². The van der Waals surface area contributed by atoms with E-state index in [-0.39, 0.29) is 5.82 Å². The molecule has 0 spiro atoms. The van der Waals surface area contributed by atoms with Gasteiger partial charge >= 0.3 is 0 Å². The lowest BCUT2D eigenvalue weighted by atomic mass is 10.1. The van der Waals surface area contributed by atoms with Crippen LogP contribution in [0.1, 0.15) is 30.0 Å². The van der Waals surface area contributed by atoms with Gasteiger partial charge in [-0.15, -0.1) is 21.5 Å². The number of rotatable bonds is 6. The van der Waals surface area contributed by atoms with Gasteiger partial charge in [-0.3, -0.25) is 4.57 Å². The fourth-order valence-electron chi connectivity index (χ4n) is 3.36. The first kappa shape index (κ1) is 19.0. The molecule has 0 radical (unpaired) electrons. The normalized spacial score (nSPS) is 24.0. The molecular weight excluding hydrogens is 410 g/mol. The van der Waals surface area contributed by atoms with Crippen LogP contribution in [0.25, 0.3) is 11.2 Å². The molecule has 1 aliphatic rings. The molecule has 5 heterocycles. The zero-order valence-electron chi connectivity index (χ0n) is 15.9. The van der Waals surface area contributed by atoms with Gasteiger partial charge < -0.3 is 20.3 Å². The van der Waals surface area contributed by atoms with Crippen LogP contribution in [0.2, 0.25) is 0 Å². The Kier molecular flexibility index (Phi) is 4.86. The average Bonchev–Trinajstić information content (AvgIpc) is 3.55. The van der Waals surface area contributed by atoms with Crippen LogP contribution >= 0.6 is 11.3 Å². The molecule has 0 aliphatic carbocycles. The highest BCUT2D eigenvalue weighted by Crippen LogP contribution is 2.38. The summed E-state index contributed by atoms with van der Waals surface area (Å²) >= 11 is 1.64. The number of hydrogen-bond donors (Lipinski definition) is 3. The van der Waals surface area contributed by atoms with E-state index < -0.39 is 24.5 Å². The molecular formula is C17H19N9O3S. The van der Waals surface area contributed by atoms with Crippen LogP contribution in [0.5, 0.6) is 0 Å². The molecule has 5 rings (SSSR count). The highest BCUT2D eigenvalue weighted by Gasteiger charge is 2.47. The van der Waals surface area contributed by atoms with Crippen molar-refractivity contribution in [3.8, 4) is 0 Å². The Morgan fingerprint density at radius 1 is 1.23 bits per heavy atom. The molecule has 156 valence electrons. The fraction of sp³-hybridized carbons (Fsp3) is 0.412. The lowest BCUT2D eigenvalue weighted by Crippen LogP contribution is -2.29. The highest BCUT2D eigenvalue weighted by molar-refractivity contribution is 7.09. The maximum Gasteiger partial charge on any atom is 0.206 e. The zero-order chi connectivity index (χ0) is 20.7. The third kappa shape index (κ3) is 3.21. The third-order valence-electron chi connectivity index (χ3n) is 4.89. The van der Waals surface area contributed by atoms with Gasteiger partial charge in [-0.2, -0.15) is 4.80 Å². The van der Waals surface area contributed by atoms with Crippen molar-refractivity contribution in [1.82, 2.24) is 39.7 Å². The molecule has 4 aromatic heterocycles. The predicted molar refractivity (Wildman–Crippen MR) is 105 cm³/mol. The van der Waals surface area contributed by atoms with Gasteiger partial charge in [-0.1, -0.05) is 6.07 Å². The standard InChI is InChI=1S/C17H19N9O3S/c1-2-26-23-15(22-24-26)13-11(27)12(28)17(29-13)25-8-21-10-14(19-7-20-16(10)25)18-6-9-4-3-5-30-9/h3-5,7-8,11-13,17,27-28H,2,6H2,1H3,(H,18,19,20)/t11-,12+,13-,17+/m0/s1. The number of aliphatic hydroxyl groups is 2. The number of anilines is 1. The quantitative estimate of drug-likeness (QED) is 0.395. The van der Waals surface area contributed by atoms with Gasteiger partial charge in [0.25, 0.3) is 0 Å². The smallest absolute Gasteiger partial charge is 0.206 e. The fourth-order valence-corrected chi connectivity index (χ4v) is 4.00. The van der Waals surface area contributed by atoms with Crippen LogP contribution in [0, 0.1) is 0 Å². The number of imidazole rings is 1. The number of nitrogens with one attached hydrogen (secondary N) is 1. The molecule has 0 bridgehead atoms. The monoisotopic (exact) mass is 429 g/mol. The van der Waals surface area contributed by atoms with Crippen molar-refractivity contribution in [3.63, 3.8) is 0 Å². The summed E-state index contributed by atoms with van der Waals surface area (Å²) in [6.07, 6.45) is -1.35. The molecule has 30 heavy (non-hydrogen) atoms. The summed E-state index contributed by atoms with van der Waals surface area (Å²) in [7, 11) is 0. The van der Waals surface area contributed by atoms with Crippen LogP contribution in [0.3, 0.4) is 0 Å². The van der Waals surface area contributed by atoms with Crippen molar-refractivity contribution in [1.29, 1.82) is 0 Å². The summed E-state index contributed by atoms with van der Waals surface area (Å²) in [5.74, 6) is 0.785. The van der Waals surface area contributed by atoms with Crippen molar-refractivity contribution in [3.05, 3.63) is 40.9 Å². The van der Waals surface area contributed by atoms with Gasteiger partial charge in [-0.05, 0) is 23.6 Å². The summed E-state index contributed by atoms with van der Waals surface area (Å²) in [4.78, 5) is 15.5. The molecule has 0 saturated carbocycles. The lowest BCUT2D eigenvalue weighted by molar-refractivity contribution is -0.0384. The largest absolute Gasteiger partial charge is 0.387 e. The number of aryl methyl sites for hydroxylation is 1. The Morgan fingerprint density at radius 3 is 2.90 bits per heavy atom. The Morgan fingerprint density at radius 2 is 2.13 bits per heavy atom. The van der Waals surface area contributed by atoms with Crippen molar-refractivity contribution in [2.24, 2.45) is 0 Å². The van der Waals surface area contributed by atoms with E-state index in [0.29, 0.717) is 30.1 Å². The van der Waals surface area contributed by atoms with Crippen molar-refractivity contribution < 1.29 is 14.9 Å². The molecule has 12 nitrogen and oxygen atoms in total. The van der Waals surface area contributed by atoms with E-state index in [1.54, 1.807) is 15.9 Å². The van der Waals surface area contributed by atoms with E-state index in [1.807, 2.05) is 24.4 Å². The summed E-state index contributed by atoms with van der Waals surface area (Å²) in [5, 5.41) is 38.4. The van der Waals surface area contributed by atoms with E-state index in [1.165, 1.54) is 17.5 Å². The van der Waals surface area contributed by atoms with E-state index in [0.717, 1.165) is 4.88 Å². The Labute approximate surface area is 174 Å². The summed E-state index contributed by atoms with van der Waals surface area (Å²) in [5.41, 5.74) is 1.01. The van der Waals surface area contributed by atoms with Crippen LogP contribution < -0.4 is 5.32 Å². The molecule has 0 unspecified atom stereocenters. The first-order valence-corrected chi connectivity index (χ1v) is 10.3. The number of hydrogen-bond acceptors (Lipinski definition) is 11. The number of thiophene rings is 1. The number of tetrazole rings is 1. The van der Waals surface area contributed by atoms with Crippen LogP contribution in [-0.4, -0.2) is 62.1 Å². The van der Waals surface area contributed by atoms with E-state index >= 15 is 0 Å². The maximum absolute atomic E-state index is 10.6. The number of aliphatic hydroxyl groups excluding tert-OH is 2. The van der Waals surface area contributed by atoms with Gasteiger partial charge in [0.15, 0.2) is 29.3 Å². The summed E-state index contributed by atoms with van der Waals surface area (Å²) < 4.78 is 7.48. The SMILES string of the molecule is CCn1nnc([C@H]2O[C@@H](n3cnc4c(NCc5cccs5)ncnc43)[C@H](O)[C@@H]2O)n1. The minimum atomic E-state index is -1.22. The molecule has 3 N–H and O–H groups in total. The zero-order valence-corrected chi connectivity index (χ0v) is 16.7. The second kappa shape index (κ2) is 7.68. The molecule has 4 atom stereocenters. The van der Waals surface area contributed by atoms with Gasteiger partial charge in [0, 0.05) is 4.88 Å². The first-order valence-electron chi connectivity index (χ1n) is 9.38. The Hall–Kier alpha value is -3.00. The van der Waals surface area contributed by atoms with Gasteiger partial charge in [0.1, 0.15) is 18.5 Å². The molecule has 13 heteroatoms. The number of ether oxygens (including phenoxy) is 1. The average molecular weight is 429 g/mol. The molecule has 1 saturated heterocycles. The van der Waals surface area contributed by atoms with Crippen molar-refractivity contribution in [2.45, 2.75) is 44.6 Å². The van der Waals surface area contributed by atoms with Gasteiger partial charge in [0.2, 0.25) is 5.82 Å². The minimum absolute atomic E-state index is 0.211. The second-order valence-corrected chi connectivity index (χ2v) is 7.78. The Bertz CT molecular complexity index is 1140. The van der Waals surface area contributed by atoms with E-state index in [9.17, 15) is 10.2 Å². The molecule has 0 amide bonds. The number of fused-ring (bicyclic) bond motifs is 1. The highest BCUT2D eigenvalue weighted by atomic mass is 32.1. The topological polar surface area (TPSA) is 149 Å². The minimum Gasteiger partial charge on any atom is -0.387 e. The van der Waals surface area contributed by atoms with Crippen LogP contribution in [-0.2, 0) is 17.8 Å². The van der Waals surface area contributed by atoms with Gasteiger partial charge in [-0.25, -0.2) is 15.0 Å². The van der Waals surface area contributed by atoms with E-state index in [4.69, 9.17) is 4.74 Å². The summed E-state index contributed by atoms with van der Waals surface area (Å²) in [6, 6.07) is 4.02. The predicted octanol–water partition coefficient (Wildman–Crippen LogP) is 0.498.